The van der Waals surface area contributed by atoms with Gasteiger partial charge in [-0.3, -0.25) is 9.59 Å². The smallest absolute Gasteiger partial charge is 0.311 e. The average molecular weight is 573 g/mol. The van der Waals surface area contributed by atoms with Crippen molar-refractivity contribution in [2.45, 2.75) is 158 Å². The van der Waals surface area contributed by atoms with E-state index in [1.807, 2.05) is 13.8 Å². The van der Waals surface area contributed by atoms with Crippen LogP contribution in [-0.2, 0) is 16.0 Å². The maximum Gasteiger partial charge on any atom is 0.311 e. The van der Waals surface area contributed by atoms with Crippen LogP contribution in [0.3, 0.4) is 0 Å². The monoisotopic (exact) mass is 572 g/mol. The predicted octanol–water partition coefficient (Wildman–Crippen LogP) is 9.93. The molecule has 1 N–H and O–H groups in total. The molecule has 5 nitrogen and oxygen atoms in total. The number of carbonyl (C=O) groups excluding carboxylic acids is 1. The summed E-state index contributed by atoms with van der Waals surface area (Å²) in [7, 11) is 0. The van der Waals surface area contributed by atoms with Crippen LogP contribution in [0.25, 0.3) is 0 Å². The molecule has 2 rings (SSSR count). The van der Waals surface area contributed by atoms with Gasteiger partial charge in [0.15, 0.2) is 0 Å². The number of ether oxygens (including phenoxy) is 2. The van der Waals surface area contributed by atoms with E-state index < -0.39 is 11.4 Å². The first-order chi connectivity index (χ1) is 19.1. The highest BCUT2D eigenvalue weighted by atomic mass is 16.5. The normalized spacial score (nSPS) is 18.5. The third-order valence-electron chi connectivity index (χ3n) is 9.59. The first kappa shape index (κ1) is 35.2. The molecule has 1 aromatic rings. The molecule has 1 heterocycles. The van der Waals surface area contributed by atoms with Crippen LogP contribution in [0.4, 0.5) is 0 Å². The van der Waals surface area contributed by atoms with Crippen molar-refractivity contribution >= 4 is 11.9 Å². The Hall–Kier alpha value is -2.04. The van der Waals surface area contributed by atoms with Crippen LogP contribution in [0, 0.1) is 43.9 Å². The van der Waals surface area contributed by atoms with Gasteiger partial charge in [-0.05, 0) is 108 Å². The summed E-state index contributed by atoms with van der Waals surface area (Å²) in [6.07, 6.45) is 13.7. The molecule has 0 aliphatic carbocycles. The number of carboxylic acids is 1. The van der Waals surface area contributed by atoms with Gasteiger partial charge in [-0.15, -0.1) is 0 Å². The molecular formula is C36H60O5. The summed E-state index contributed by atoms with van der Waals surface area (Å²) in [5, 5.41) is 9.35. The van der Waals surface area contributed by atoms with Gasteiger partial charge in [0.1, 0.15) is 17.1 Å². The number of carbonyl (C=O) groups is 2. The van der Waals surface area contributed by atoms with E-state index in [0.29, 0.717) is 5.75 Å². The minimum absolute atomic E-state index is 0.0681. The van der Waals surface area contributed by atoms with Crippen molar-refractivity contribution in [3.05, 3.63) is 22.3 Å². The van der Waals surface area contributed by atoms with Crippen molar-refractivity contribution in [2.24, 2.45) is 23.2 Å². The molecule has 1 aliphatic heterocycles. The Balaban J connectivity index is 1.90. The quantitative estimate of drug-likeness (QED) is 0.148. The molecule has 0 spiro atoms. The Labute approximate surface area is 251 Å². The maximum atomic E-state index is 12.7. The summed E-state index contributed by atoms with van der Waals surface area (Å²) >= 11 is 0. The largest absolute Gasteiger partial charge is 0.487 e. The van der Waals surface area contributed by atoms with Gasteiger partial charge < -0.3 is 14.6 Å². The summed E-state index contributed by atoms with van der Waals surface area (Å²) in [5.74, 6) is 2.69. The van der Waals surface area contributed by atoms with E-state index in [1.54, 1.807) is 13.8 Å². The molecule has 3 atom stereocenters. The number of hydrogen-bond acceptors (Lipinski definition) is 4. The molecule has 234 valence electrons. The van der Waals surface area contributed by atoms with Crippen LogP contribution in [0.15, 0.2) is 0 Å². The zero-order valence-electron chi connectivity index (χ0n) is 28.0. The molecule has 0 amide bonds. The first-order valence-corrected chi connectivity index (χ1v) is 16.3. The van der Waals surface area contributed by atoms with Crippen LogP contribution in [0.2, 0.25) is 0 Å². The summed E-state index contributed by atoms with van der Waals surface area (Å²) in [5.41, 5.74) is 2.90. The lowest BCUT2D eigenvalue weighted by Crippen LogP contribution is -2.37. The molecule has 0 saturated heterocycles. The first-order valence-electron chi connectivity index (χ1n) is 16.3. The molecule has 3 unspecified atom stereocenters. The van der Waals surface area contributed by atoms with E-state index in [1.165, 1.54) is 51.4 Å². The van der Waals surface area contributed by atoms with Crippen molar-refractivity contribution < 1.29 is 24.2 Å². The van der Waals surface area contributed by atoms with E-state index in [2.05, 4.69) is 41.5 Å². The Bertz CT molecular complexity index is 1020. The average Bonchev–Trinajstić information content (AvgIpc) is 2.88. The zero-order chi connectivity index (χ0) is 31.0. The van der Waals surface area contributed by atoms with E-state index in [9.17, 15) is 14.7 Å². The SMILES string of the molecule is Cc1c(C)c2c(c(C)c1OC(=O)CCC(C)(C)C(=O)O)CCC(C)(CCCC(C)CCCC(C)CCCC(C)C)O2. The van der Waals surface area contributed by atoms with Gasteiger partial charge in [-0.25, -0.2) is 0 Å². The Morgan fingerprint density at radius 1 is 0.902 bits per heavy atom. The van der Waals surface area contributed by atoms with Crippen molar-refractivity contribution in [3.63, 3.8) is 0 Å². The van der Waals surface area contributed by atoms with Crippen LogP contribution >= 0.6 is 0 Å². The molecule has 0 aromatic heterocycles. The molecule has 0 bridgehead atoms. The summed E-state index contributed by atoms with van der Waals surface area (Å²) in [6.45, 7) is 21.0. The number of hydrogen-bond donors (Lipinski definition) is 1. The number of rotatable bonds is 17. The standard InChI is InChI=1S/C36H60O5/c1-24(2)14-11-15-25(3)16-12-17-26(4)18-13-21-36(10)23-19-30-29(7)32(27(5)28(6)33(30)41-36)40-31(37)20-22-35(8,9)34(38)39/h24-26H,11-23H2,1-10H3,(H,38,39). The number of fused-ring (bicyclic) bond motifs is 1. The lowest BCUT2D eigenvalue weighted by Gasteiger charge is -2.38. The molecule has 0 radical (unpaired) electrons. The van der Waals surface area contributed by atoms with E-state index >= 15 is 0 Å². The Morgan fingerprint density at radius 2 is 1.46 bits per heavy atom. The summed E-state index contributed by atoms with van der Waals surface area (Å²) in [6, 6.07) is 0. The van der Waals surface area contributed by atoms with Gasteiger partial charge in [0.25, 0.3) is 0 Å². The second kappa shape index (κ2) is 15.4. The van der Waals surface area contributed by atoms with E-state index in [-0.39, 0.29) is 24.4 Å². The molecule has 41 heavy (non-hydrogen) atoms. The molecule has 1 aromatic carbocycles. The summed E-state index contributed by atoms with van der Waals surface area (Å²) < 4.78 is 12.6. The Kier molecular flexibility index (Phi) is 13.2. The van der Waals surface area contributed by atoms with Crippen LogP contribution < -0.4 is 9.47 Å². The van der Waals surface area contributed by atoms with Gasteiger partial charge in [0.2, 0.25) is 0 Å². The maximum absolute atomic E-state index is 12.7. The highest BCUT2D eigenvalue weighted by Crippen LogP contribution is 2.45. The van der Waals surface area contributed by atoms with Crippen LogP contribution in [0.5, 0.6) is 11.5 Å². The lowest BCUT2D eigenvalue weighted by molar-refractivity contribution is -0.148. The van der Waals surface area contributed by atoms with Crippen molar-refractivity contribution in [1.82, 2.24) is 0 Å². The van der Waals surface area contributed by atoms with Crippen molar-refractivity contribution in [1.29, 1.82) is 0 Å². The van der Waals surface area contributed by atoms with E-state index in [4.69, 9.17) is 9.47 Å². The summed E-state index contributed by atoms with van der Waals surface area (Å²) in [4.78, 5) is 24.1. The third-order valence-corrected chi connectivity index (χ3v) is 9.59. The van der Waals surface area contributed by atoms with Gasteiger partial charge in [-0.1, -0.05) is 72.6 Å². The van der Waals surface area contributed by atoms with Gasteiger partial charge in [0.05, 0.1) is 5.41 Å². The minimum Gasteiger partial charge on any atom is -0.487 e. The number of carboxylic acid groups (broad SMARTS) is 1. The molecule has 5 heteroatoms. The van der Waals surface area contributed by atoms with Crippen LogP contribution in [-0.4, -0.2) is 22.6 Å². The number of esters is 1. The Morgan fingerprint density at radius 3 is 2.02 bits per heavy atom. The minimum atomic E-state index is -0.962. The zero-order valence-corrected chi connectivity index (χ0v) is 28.0. The van der Waals surface area contributed by atoms with Gasteiger partial charge in [-0.2, -0.15) is 0 Å². The van der Waals surface area contributed by atoms with Gasteiger partial charge in [0, 0.05) is 12.0 Å². The highest BCUT2D eigenvalue weighted by molar-refractivity contribution is 5.77. The van der Waals surface area contributed by atoms with Crippen LogP contribution in [0.1, 0.15) is 148 Å². The lowest BCUT2D eigenvalue weighted by atomic mass is 9.83. The predicted molar refractivity (Wildman–Crippen MR) is 169 cm³/mol. The fraction of sp³-hybridized carbons (Fsp3) is 0.778. The second-order valence-electron chi connectivity index (χ2n) is 14.6. The van der Waals surface area contributed by atoms with Crippen molar-refractivity contribution in [3.8, 4) is 11.5 Å². The second-order valence-corrected chi connectivity index (χ2v) is 14.6. The molecule has 0 saturated carbocycles. The molecule has 0 fully saturated rings. The fourth-order valence-corrected chi connectivity index (χ4v) is 6.10. The number of aliphatic carboxylic acids is 1. The van der Waals surface area contributed by atoms with Crippen molar-refractivity contribution in [2.75, 3.05) is 0 Å². The molecular weight excluding hydrogens is 512 g/mol. The number of benzene rings is 1. The highest BCUT2D eigenvalue weighted by Gasteiger charge is 2.35. The van der Waals surface area contributed by atoms with E-state index in [0.717, 1.165) is 65.0 Å². The topological polar surface area (TPSA) is 72.8 Å². The van der Waals surface area contributed by atoms with Gasteiger partial charge >= 0.3 is 11.9 Å². The molecule has 1 aliphatic rings. The third kappa shape index (κ3) is 10.6. The fourth-order valence-electron chi connectivity index (χ4n) is 6.10.